The lowest BCUT2D eigenvalue weighted by molar-refractivity contribution is 0.0599. The second kappa shape index (κ2) is 7.31. The quantitative estimate of drug-likeness (QED) is 0.845. The summed E-state index contributed by atoms with van der Waals surface area (Å²) in [6, 6.07) is 5.39. The average Bonchev–Trinajstić information content (AvgIpc) is 2.54. The van der Waals surface area contributed by atoms with E-state index < -0.39 is 0 Å². The summed E-state index contributed by atoms with van der Waals surface area (Å²) in [5.74, 6) is 0.802. The van der Waals surface area contributed by atoms with Crippen molar-refractivity contribution in [2.24, 2.45) is 0 Å². The molecule has 1 aliphatic heterocycles. The molecule has 5 nitrogen and oxygen atoms in total. The Morgan fingerprint density at radius 1 is 1.29 bits per heavy atom. The van der Waals surface area contributed by atoms with Crippen LogP contribution in [0.4, 0.5) is 0 Å². The van der Waals surface area contributed by atoms with Crippen LogP contribution in [0, 0.1) is 0 Å². The molecule has 21 heavy (non-hydrogen) atoms. The number of hydrogen-bond donors (Lipinski definition) is 1. The average molecular weight is 293 g/mol. The van der Waals surface area contributed by atoms with Crippen LogP contribution in [0.3, 0.4) is 0 Å². The van der Waals surface area contributed by atoms with Crippen molar-refractivity contribution < 1.29 is 19.0 Å². The summed E-state index contributed by atoms with van der Waals surface area (Å²) in [5.41, 5.74) is 0.456. The molecule has 0 saturated carbocycles. The van der Waals surface area contributed by atoms with Gasteiger partial charge in [0.2, 0.25) is 0 Å². The third kappa shape index (κ3) is 3.88. The smallest absolute Gasteiger partial charge is 0.337 e. The Labute approximate surface area is 125 Å². The van der Waals surface area contributed by atoms with Gasteiger partial charge in [-0.3, -0.25) is 0 Å². The fourth-order valence-electron chi connectivity index (χ4n) is 2.58. The Morgan fingerprint density at radius 3 is 2.71 bits per heavy atom. The molecule has 0 radical (unpaired) electrons. The molecule has 1 aromatic rings. The van der Waals surface area contributed by atoms with Gasteiger partial charge in [-0.25, -0.2) is 4.79 Å². The molecule has 2 rings (SSSR count). The maximum absolute atomic E-state index is 11.6. The molecule has 5 heteroatoms. The normalized spacial score (nSPS) is 19.7. The van der Waals surface area contributed by atoms with Crippen LogP contribution in [0.15, 0.2) is 18.2 Å². The van der Waals surface area contributed by atoms with Gasteiger partial charge in [0.05, 0.1) is 19.8 Å². The fraction of sp³-hybridized carbons (Fsp3) is 0.562. The van der Waals surface area contributed by atoms with Gasteiger partial charge in [0.1, 0.15) is 6.10 Å². The number of ether oxygens (including phenoxy) is 3. The minimum atomic E-state index is -0.383. The van der Waals surface area contributed by atoms with E-state index in [0.717, 1.165) is 13.0 Å². The van der Waals surface area contributed by atoms with E-state index in [1.165, 1.54) is 20.0 Å². The highest BCUT2D eigenvalue weighted by Gasteiger charge is 2.22. The lowest BCUT2D eigenvalue weighted by Gasteiger charge is -2.29. The van der Waals surface area contributed by atoms with Crippen LogP contribution in [-0.4, -0.2) is 38.9 Å². The van der Waals surface area contributed by atoms with Crippen LogP contribution in [0.25, 0.3) is 0 Å². The van der Waals surface area contributed by atoms with Crippen LogP contribution in [0.5, 0.6) is 11.5 Å². The van der Waals surface area contributed by atoms with E-state index in [1.807, 2.05) is 6.92 Å². The number of rotatable bonds is 5. The predicted molar refractivity (Wildman–Crippen MR) is 80.1 cm³/mol. The molecule has 2 atom stereocenters. The molecule has 0 spiro atoms. The van der Waals surface area contributed by atoms with Crippen molar-refractivity contribution >= 4 is 5.97 Å². The van der Waals surface area contributed by atoms with Crippen LogP contribution in [0.2, 0.25) is 0 Å². The molecular weight excluding hydrogens is 270 g/mol. The molecule has 1 aliphatic rings. The summed E-state index contributed by atoms with van der Waals surface area (Å²) in [6.45, 7) is 3.06. The zero-order chi connectivity index (χ0) is 15.2. The van der Waals surface area contributed by atoms with Crippen molar-refractivity contribution in [3.63, 3.8) is 0 Å². The van der Waals surface area contributed by atoms with Crippen LogP contribution in [-0.2, 0) is 4.74 Å². The van der Waals surface area contributed by atoms with Crippen LogP contribution in [0.1, 0.15) is 36.5 Å². The van der Waals surface area contributed by atoms with Gasteiger partial charge in [-0.1, -0.05) is 6.42 Å². The Morgan fingerprint density at radius 2 is 2.10 bits per heavy atom. The molecule has 1 heterocycles. The van der Waals surface area contributed by atoms with Gasteiger partial charge in [0.25, 0.3) is 0 Å². The van der Waals surface area contributed by atoms with Crippen molar-refractivity contribution in [1.82, 2.24) is 5.32 Å². The highest BCUT2D eigenvalue weighted by Crippen LogP contribution is 2.30. The molecule has 2 unspecified atom stereocenters. The van der Waals surface area contributed by atoms with Crippen LogP contribution < -0.4 is 14.8 Å². The minimum Gasteiger partial charge on any atom is -0.493 e. The van der Waals surface area contributed by atoms with Gasteiger partial charge in [-0.2, -0.15) is 0 Å². The lowest BCUT2D eigenvalue weighted by Crippen LogP contribution is -2.44. The largest absolute Gasteiger partial charge is 0.493 e. The topological polar surface area (TPSA) is 56.8 Å². The fourth-order valence-corrected chi connectivity index (χ4v) is 2.58. The van der Waals surface area contributed by atoms with Gasteiger partial charge in [-0.15, -0.1) is 0 Å². The van der Waals surface area contributed by atoms with E-state index in [2.05, 4.69) is 5.32 Å². The molecule has 0 aromatic heterocycles. The Hall–Kier alpha value is -1.75. The maximum Gasteiger partial charge on any atom is 0.337 e. The molecule has 0 aliphatic carbocycles. The van der Waals surface area contributed by atoms with E-state index in [0.29, 0.717) is 23.1 Å². The molecule has 1 aromatic carbocycles. The Kier molecular flexibility index (Phi) is 5.44. The molecule has 1 N–H and O–H groups in total. The van der Waals surface area contributed by atoms with Gasteiger partial charge in [0.15, 0.2) is 11.5 Å². The summed E-state index contributed by atoms with van der Waals surface area (Å²) in [4.78, 5) is 11.6. The minimum absolute atomic E-state index is 0.00657. The number of methoxy groups -OCH3 is 2. The molecule has 0 amide bonds. The van der Waals surface area contributed by atoms with E-state index >= 15 is 0 Å². The highest BCUT2D eigenvalue weighted by molar-refractivity contribution is 5.90. The van der Waals surface area contributed by atoms with Crippen molar-refractivity contribution in [2.45, 2.75) is 38.3 Å². The number of esters is 1. The maximum atomic E-state index is 11.6. The van der Waals surface area contributed by atoms with Crippen molar-refractivity contribution in [1.29, 1.82) is 0 Å². The summed E-state index contributed by atoms with van der Waals surface area (Å²) < 4.78 is 16.1. The first-order chi connectivity index (χ1) is 10.2. The molecule has 0 bridgehead atoms. The van der Waals surface area contributed by atoms with Gasteiger partial charge >= 0.3 is 5.97 Å². The van der Waals surface area contributed by atoms with Gasteiger partial charge < -0.3 is 19.5 Å². The van der Waals surface area contributed by atoms with E-state index in [4.69, 9.17) is 14.2 Å². The first-order valence-corrected chi connectivity index (χ1v) is 7.32. The SMILES string of the molecule is COC(=O)c1ccc(OC)c(OC(C)C2CCCCN2)c1. The number of carbonyl (C=O) groups is 1. The summed E-state index contributed by atoms with van der Waals surface area (Å²) in [6.07, 6.45) is 3.53. The second-order valence-corrected chi connectivity index (χ2v) is 5.24. The first kappa shape index (κ1) is 15.6. The molecular formula is C16H23NO4. The van der Waals surface area contributed by atoms with E-state index in [9.17, 15) is 4.79 Å². The molecule has 116 valence electrons. The van der Waals surface area contributed by atoms with E-state index in [1.54, 1.807) is 25.3 Å². The number of carbonyl (C=O) groups excluding carboxylic acids is 1. The standard InChI is InChI=1S/C16H23NO4/c1-11(13-6-4-5-9-17-13)21-15-10-12(16(18)20-3)7-8-14(15)19-2/h7-8,10-11,13,17H,4-6,9H2,1-3H3. The van der Waals surface area contributed by atoms with Gasteiger partial charge in [0, 0.05) is 6.04 Å². The first-order valence-electron chi connectivity index (χ1n) is 7.32. The Bertz CT molecular complexity index is 483. The summed E-state index contributed by atoms with van der Waals surface area (Å²) in [5, 5.41) is 3.47. The van der Waals surface area contributed by atoms with Crippen molar-refractivity contribution in [3.8, 4) is 11.5 Å². The number of benzene rings is 1. The third-order valence-electron chi connectivity index (χ3n) is 3.81. The third-order valence-corrected chi connectivity index (χ3v) is 3.81. The Balaban J connectivity index is 2.14. The van der Waals surface area contributed by atoms with Gasteiger partial charge in [-0.05, 0) is 44.5 Å². The zero-order valence-corrected chi connectivity index (χ0v) is 12.8. The number of nitrogens with one attached hydrogen (secondary N) is 1. The van der Waals surface area contributed by atoms with Crippen LogP contribution >= 0.6 is 0 Å². The summed E-state index contributed by atoms with van der Waals surface area (Å²) in [7, 11) is 2.95. The molecule has 1 fully saturated rings. The predicted octanol–water partition coefficient (Wildman–Crippen LogP) is 2.39. The molecule has 1 saturated heterocycles. The zero-order valence-electron chi connectivity index (χ0n) is 12.8. The second-order valence-electron chi connectivity index (χ2n) is 5.24. The van der Waals surface area contributed by atoms with Crippen molar-refractivity contribution in [2.75, 3.05) is 20.8 Å². The van der Waals surface area contributed by atoms with E-state index in [-0.39, 0.29) is 12.1 Å². The summed E-state index contributed by atoms with van der Waals surface area (Å²) >= 11 is 0. The monoisotopic (exact) mass is 293 g/mol. The number of hydrogen-bond acceptors (Lipinski definition) is 5. The number of piperidine rings is 1. The lowest BCUT2D eigenvalue weighted by atomic mass is 10.0. The van der Waals surface area contributed by atoms with Crippen molar-refractivity contribution in [3.05, 3.63) is 23.8 Å². The highest BCUT2D eigenvalue weighted by atomic mass is 16.5.